The van der Waals surface area contributed by atoms with Gasteiger partial charge < -0.3 is 20.1 Å². The Morgan fingerprint density at radius 2 is 1.60 bits per heavy atom. The van der Waals surface area contributed by atoms with Crippen LogP contribution in [0, 0.1) is 5.92 Å². The molecule has 35 heavy (non-hydrogen) atoms. The third-order valence-corrected chi connectivity index (χ3v) is 7.80. The lowest BCUT2D eigenvalue weighted by Gasteiger charge is -2.37. The molecule has 0 bridgehead atoms. The van der Waals surface area contributed by atoms with Crippen molar-refractivity contribution in [1.29, 1.82) is 0 Å². The van der Waals surface area contributed by atoms with Crippen molar-refractivity contribution < 1.29 is 24.2 Å². The summed E-state index contributed by atoms with van der Waals surface area (Å²) >= 11 is 0. The van der Waals surface area contributed by atoms with Gasteiger partial charge in [-0.1, -0.05) is 55.0 Å². The molecule has 2 aromatic carbocycles. The van der Waals surface area contributed by atoms with Crippen LogP contribution in [0.3, 0.4) is 0 Å². The minimum atomic E-state index is -0.880. The standard InChI is InChI=1S/C28H32N2O5/c31-26(32)16-18-8-5-6-15-30(18)27(33)23-13-7-14-25(23)29-28(34)35-17-24-21-11-3-1-9-19(21)20-10-2-4-12-22(20)24/h1-4,9-12,18,23-25H,5-8,13-17H2,(H,29,34)(H,31,32)/t18-,23+,25-/m1/s1. The van der Waals surface area contributed by atoms with E-state index in [9.17, 15) is 19.5 Å². The largest absolute Gasteiger partial charge is 0.481 e. The topological polar surface area (TPSA) is 95.9 Å². The maximum absolute atomic E-state index is 13.4. The maximum Gasteiger partial charge on any atom is 0.407 e. The summed E-state index contributed by atoms with van der Waals surface area (Å²) in [6, 6.07) is 15.9. The van der Waals surface area contributed by atoms with Crippen LogP contribution in [0.4, 0.5) is 4.79 Å². The third-order valence-electron chi connectivity index (χ3n) is 7.80. The van der Waals surface area contributed by atoms with Gasteiger partial charge in [-0.3, -0.25) is 9.59 Å². The molecule has 0 radical (unpaired) electrons. The number of carboxylic acids is 1. The molecule has 5 rings (SSSR count). The van der Waals surface area contributed by atoms with Crippen LogP contribution in [0.2, 0.25) is 0 Å². The summed E-state index contributed by atoms with van der Waals surface area (Å²) in [7, 11) is 0. The molecule has 2 N–H and O–H groups in total. The second-order valence-electron chi connectivity index (χ2n) is 9.89. The summed E-state index contributed by atoms with van der Waals surface area (Å²) in [5, 5.41) is 12.2. The molecule has 2 fully saturated rings. The number of likely N-dealkylation sites (tertiary alicyclic amines) is 1. The molecule has 7 heteroatoms. The van der Waals surface area contributed by atoms with Crippen molar-refractivity contribution in [2.24, 2.45) is 5.92 Å². The van der Waals surface area contributed by atoms with Crippen LogP contribution in [-0.2, 0) is 14.3 Å². The molecule has 3 aliphatic rings. The summed E-state index contributed by atoms with van der Waals surface area (Å²) in [5.41, 5.74) is 4.67. The van der Waals surface area contributed by atoms with Crippen LogP contribution in [0.25, 0.3) is 11.1 Å². The second-order valence-corrected chi connectivity index (χ2v) is 9.89. The highest BCUT2D eigenvalue weighted by Crippen LogP contribution is 2.44. The van der Waals surface area contributed by atoms with E-state index in [2.05, 4.69) is 29.6 Å². The van der Waals surface area contributed by atoms with Crippen molar-refractivity contribution in [3.8, 4) is 11.1 Å². The normalized spacial score (nSPS) is 23.4. The highest BCUT2D eigenvalue weighted by atomic mass is 16.5. The number of hydrogen-bond acceptors (Lipinski definition) is 4. The van der Waals surface area contributed by atoms with Gasteiger partial charge in [0.05, 0.1) is 12.3 Å². The summed E-state index contributed by atoms with van der Waals surface area (Å²) in [6.45, 7) is 0.822. The number of benzene rings is 2. The highest BCUT2D eigenvalue weighted by molar-refractivity contribution is 5.82. The quantitative estimate of drug-likeness (QED) is 0.638. The van der Waals surface area contributed by atoms with Crippen molar-refractivity contribution >= 4 is 18.0 Å². The van der Waals surface area contributed by atoms with E-state index >= 15 is 0 Å². The number of fused-ring (bicyclic) bond motifs is 3. The molecule has 2 aromatic rings. The van der Waals surface area contributed by atoms with Gasteiger partial charge in [0.25, 0.3) is 0 Å². The van der Waals surface area contributed by atoms with Gasteiger partial charge in [-0.05, 0) is 54.4 Å². The van der Waals surface area contributed by atoms with E-state index in [0.717, 1.165) is 43.2 Å². The molecule has 7 nitrogen and oxygen atoms in total. The van der Waals surface area contributed by atoms with E-state index in [0.29, 0.717) is 13.0 Å². The number of aliphatic carboxylic acids is 1. The Morgan fingerprint density at radius 3 is 2.29 bits per heavy atom. The predicted molar refractivity (Wildman–Crippen MR) is 131 cm³/mol. The van der Waals surface area contributed by atoms with E-state index in [4.69, 9.17) is 4.74 Å². The molecule has 0 aromatic heterocycles. The molecule has 1 aliphatic heterocycles. The van der Waals surface area contributed by atoms with E-state index in [1.54, 1.807) is 4.90 Å². The van der Waals surface area contributed by atoms with Gasteiger partial charge in [0.15, 0.2) is 0 Å². The van der Waals surface area contributed by atoms with Gasteiger partial charge in [0.1, 0.15) is 6.61 Å². The molecule has 3 atom stereocenters. The minimum Gasteiger partial charge on any atom is -0.481 e. The smallest absolute Gasteiger partial charge is 0.407 e. The van der Waals surface area contributed by atoms with E-state index in [1.807, 2.05) is 24.3 Å². The Bertz CT molecular complexity index is 1070. The zero-order valence-corrected chi connectivity index (χ0v) is 19.8. The van der Waals surface area contributed by atoms with Crippen LogP contribution in [0.5, 0.6) is 0 Å². The van der Waals surface area contributed by atoms with Gasteiger partial charge in [0, 0.05) is 24.5 Å². The zero-order chi connectivity index (χ0) is 24.4. The number of nitrogens with zero attached hydrogens (tertiary/aromatic N) is 1. The van der Waals surface area contributed by atoms with Gasteiger partial charge in [-0.25, -0.2) is 4.79 Å². The Labute approximate surface area is 205 Å². The summed E-state index contributed by atoms with van der Waals surface area (Å²) < 4.78 is 5.70. The minimum absolute atomic E-state index is 0.0146. The monoisotopic (exact) mass is 476 g/mol. The summed E-state index contributed by atoms with van der Waals surface area (Å²) in [6.07, 6.45) is 4.28. The van der Waals surface area contributed by atoms with Crippen molar-refractivity contribution in [2.45, 2.75) is 62.9 Å². The lowest BCUT2D eigenvalue weighted by atomic mass is 9.95. The third kappa shape index (κ3) is 4.77. The number of carbonyl (C=O) groups is 3. The van der Waals surface area contributed by atoms with Crippen LogP contribution in [0.1, 0.15) is 62.0 Å². The number of carbonyl (C=O) groups excluding carboxylic acids is 2. The molecule has 2 amide bonds. The van der Waals surface area contributed by atoms with E-state index in [1.165, 1.54) is 11.1 Å². The van der Waals surface area contributed by atoms with E-state index in [-0.39, 0.29) is 42.9 Å². The Kier molecular flexibility index (Phi) is 6.75. The number of hydrogen-bond donors (Lipinski definition) is 2. The van der Waals surface area contributed by atoms with Crippen LogP contribution < -0.4 is 5.32 Å². The Hall–Kier alpha value is -3.35. The molecule has 184 valence electrons. The van der Waals surface area contributed by atoms with Crippen molar-refractivity contribution in [3.05, 3.63) is 59.7 Å². The Morgan fingerprint density at radius 1 is 0.914 bits per heavy atom. The first-order valence-corrected chi connectivity index (χ1v) is 12.7. The number of amides is 2. The SMILES string of the molecule is O=C(O)C[C@H]1CCCCN1C(=O)[C@H]1CCC[C@H]1NC(=O)OCC1c2ccccc2-c2ccccc21. The van der Waals surface area contributed by atoms with Crippen LogP contribution in [0.15, 0.2) is 48.5 Å². The molecular formula is C28H32N2O5. The molecular weight excluding hydrogens is 444 g/mol. The van der Waals surface area contributed by atoms with E-state index < -0.39 is 12.1 Å². The van der Waals surface area contributed by atoms with Gasteiger partial charge in [-0.15, -0.1) is 0 Å². The van der Waals surface area contributed by atoms with Gasteiger partial charge >= 0.3 is 12.1 Å². The molecule has 2 aliphatic carbocycles. The summed E-state index contributed by atoms with van der Waals surface area (Å²) in [5.74, 6) is -1.25. The number of alkyl carbamates (subject to hydrolysis) is 1. The summed E-state index contributed by atoms with van der Waals surface area (Å²) in [4.78, 5) is 39.2. The number of rotatable bonds is 6. The first-order chi connectivity index (χ1) is 17.0. The predicted octanol–water partition coefficient (Wildman–Crippen LogP) is 4.55. The fourth-order valence-corrected chi connectivity index (χ4v) is 6.14. The lowest BCUT2D eigenvalue weighted by Crippen LogP contribution is -2.51. The highest BCUT2D eigenvalue weighted by Gasteiger charge is 2.40. The molecule has 1 saturated carbocycles. The Balaban J connectivity index is 1.22. The maximum atomic E-state index is 13.4. The average molecular weight is 477 g/mol. The number of carboxylic acid groups (broad SMARTS) is 1. The molecule has 1 heterocycles. The molecule has 0 spiro atoms. The van der Waals surface area contributed by atoms with Crippen molar-refractivity contribution in [1.82, 2.24) is 10.2 Å². The second kappa shape index (κ2) is 10.1. The zero-order valence-electron chi connectivity index (χ0n) is 19.8. The van der Waals surface area contributed by atoms with Gasteiger partial charge in [-0.2, -0.15) is 0 Å². The fourth-order valence-electron chi connectivity index (χ4n) is 6.14. The van der Waals surface area contributed by atoms with Crippen LogP contribution >= 0.6 is 0 Å². The number of ether oxygens (including phenoxy) is 1. The fraction of sp³-hybridized carbons (Fsp3) is 0.464. The average Bonchev–Trinajstić information content (AvgIpc) is 3.45. The first-order valence-electron chi connectivity index (χ1n) is 12.7. The van der Waals surface area contributed by atoms with Gasteiger partial charge in [0.2, 0.25) is 5.91 Å². The molecule has 1 saturated heterocycles. The van der Waals surface area contributed by atoms with Crippen molar-refractivity contribution in [2.75, 3.05) is 13.2 Å². The lowest BCUT2D eigenvalue weighted by molar-refractivity contribution is -0.144. The number of piperidine rings is 1. The number of nitrogens with one attached hydrogen (secondary N) is 1. The van der Waals surface area contributed by atoms with Crippen LogP contribution in [-0.4, -0.2) is 53.2 Å². The van der Waals surface area contributed by atoms with Crippen molar-refractivity contribution in [3.63, 3.8) is 0 Å². The first kappa shape index (κ1) is 23.4. The molecule has 0 unspecified atom stereocenters.